The third kappa shape index (κ3) is 4.56. The number of anilines is 2. The van der Waals surface area contributed by atoms with Crippen LogP contribution in [0.5, 0.6) is 0 Å². The summed E-state index contributed by atoms with van der Waals surface area (Å²) in [6.45, 7) is 3.71. The molecular weight excluding hydrogens is 408 g/mol. The fourth-order valence-electron chi connectivity index (χ4n) is 4.18. The maximum Gasteiger partial charge on any atom is 0.229 e. The Morgan fingerprint density at radius 1 is 0.767 bits per heavy atom. The number of hydrogen-bond acceptors (Lipinski definition) is 8. The van der Waals surface area contributed by atoms with Gasteiger partial charge in [-0.05, 0) is 31.4 Å². The van der Waals surface area contributed by atoms with Gasteiger partial charge in [0.25, 0.3) is 0 Å². The van der Waals surface area contributed by atoms with Crippen molar-refractivity contribution in [2.75, 3.05) is 61.4 Å². The van der Waals surface area contributed by atoms with Crippen molar-refractivity contribution in [3.05, 3.63) is 12.1 Å². The molecule has 2 amide bonds. The Kier molecular flexibility index (Phi) is 6.19. The summed E-state index contributed by atoms with van der Waals surface area (Å²) in [5.74, 6) is 0.859. The number of amides is 2. The number of nitrogens with zero attached hydrogens (tertiary/aromatic N) is 6. The third-order valence-electron chi connectivity index (χ3n) is 5.98. The van der Waals surface area contributed by atoms with E-state index in [-0.39, 0.29) is 24.1 Å². The first-order valence-corrected chi connectivity index (χ1v) is 12.2. The van der Waals surface area contributed by atoms with Gasteiger partial charge in [-0.25, -0.2) is 8.42 Å². The molecule has 0 saturated carbocycles. The van der Waals surface area contributed by atoms with Crippen molar-refractivity contribution in [1.29, 1.82) is 0 Å². The lowest BCUT2D eigenvalue weighted by molar-refractivity contribution is -0.147. The standard InChI is InChI=1S/C19H28N6O4S/c26-18-4-3-5-19(27)25(18)14-15-30(28,29)24-12-10-23(11-13-24)17-7-6-16(20-21-17)22-8-1-2-9-22/h6-7H,1-5,8-15H2. The number of carbonyl (C=O) groups excluding carboxylic acids is 2. The minimum atomic E-state index is -3.54. The van der Waals surface area contributed by atoms with Gasteiger partial charge in [-0.15, -0.1) is 10.2 Å². The molecule has 0 spiro atoms. The quantitative estimate of drug-likeness (QED) is 0.577. The first kappa shape index (κ1) is 21.0. The zero-order chi connectivity index (χ0) is 21.1. The van der Waals surface area contributed by atoms with Gasteiger partial charge in [0.15, 0.2) is 11.6 Å². The summed E-state index contributed by atoms with van der Waals surface area (Å²) in [5.41, 5.74) is 0. The monoisotopic (exact) mass is 436 g/mol. The van der Waals surface area contributed by atoms with Crippen LogP contribution >= 0.6 is 0 Å². The van der Waals surface area contributed by atoms with E-state index in [9.17, 15) is 18.0 Å². The predicted octanol–water partition coefficient (Wildman–Crippen LogP) is 0.0677. The van der Waals surface area contributed by atoms with Gasteiger partial charge < -0.3 is 9.80 Å². The number of imide groups is 1. The second-order valence-electron chi connectivity index (χ2n) is 7.94. The Labute approximate surface area is 176 Å². The molecule has 0 atom stereocenters. The predicted molar refractivity (Wildman–Crippen MR) is 112 cm³/mol. The normalized spacial score (nSPS) is 21.5. The third-order valence-corrected chi connectivity index (χ3v) is 7.83. The highest BCUT2D eigenvalue weighted by molar-refractivity contribution is 7.89. The summed E-state index contributed by atoms with van der Waals surface area (Å²) < 4.78 is 26.8. The van der Waals surface area contributed by atoms with Gasteiger partial charge in [-0.2, -0.15) is 4.31 Å². The van der Waals surface area contributed by atoms with Crippen LogP contribution in [-0.4, -0.2) is 91.2 Å². The highest BCUT2D eigenvalue weighted by Gasteiger charge is 2.31. The van der Waals surface area contributed by atoms with Crippen molar-refractivity contribution in [2.45, 2.75) is 32.1 Å². The molecule has 3 saturated heterocycles. The lowest BCUT2D eigenvalue weighted by atomic mass is 10.1. The maximum atomic E-state index is 12.7. The number of piperidine rings is 1. The van der Waals surface area contributed by atoms with E-state index in [1.54, 1.807) is 0 Å². The Morgan fingerprint density at radius 3 is 1.83 bits per heavy atom. The Balaban J connectivity index is 1.30. The minimum absolute atomic E-state index is 0.0658. The minimum Gasteiger partial charge on any atom is -0.355 e. The van der Waals surface area contributed by atoms with Gasteiger partial charge in [-0.1, -0.05) is 0 Å². The molecule has 3 aliphatic heterocycles. The molecule has 3 aliphatic rings. The number of carbonyl (C=O) groups is 2. The molecule has 3 fully saturated rings. The zero-order valence-electron chi connectivity index (χ0n) is 17.1. The number of sulfonamides is 1. The molecule has 10 nitrogen and oxygen atoms in total. The molecule has 164 valence electrons. The summed E-state index contributed by atoms with van der Waals surface area (Å²) >= 11 is 0. The van der Waals surface area contributed by atoms with Crippen LogP contribution in [-0.2, 0) is 19.6 Å². The largest absolute Gasteiger partial charge is 0.355 e. The summed E-state index contributed by atoms with van der Waals surface area (Å²) in [4.78, 5) is 29.1. The van der Waals surface area contributed by atoms with Gasteiger partial charge in [0, 0.05) is 58.7 Å². The molecule has 0 radical (unpaired) electrons. The second-order valence-corrected chi connectivity index (χ2v) is 10.0. The summed E-state index contributed by atoms with van der Waals surface area (Å²) in [5, 5.41) is 8.67. The van der Waals surface area contributed by atoms with Crippen LogP contribution < -0.4 is 9.80 Å². The Hall–Kier alpha value is -2.27. The smallest absolute Gasteiger partial charge is 0.229 e. The topological polar surface area (TPSA) is 107 Å². The molecule has 1 aromatic rings. The number of hydrogen-bond donors (Lipinski definition) is 0. The number of rotatable bonds is 6. The van der Waals surface area contributed by atoms with Crippen LogP contribution in [0.1, 0.15) is 32.1 Å². The molecule has 0 bridgehead atoms. The van der Waals surface area contributed by atoms with E-state index in [4.69, 9.17) is 0 Å². The van der Waals surface area contributed by atoms with E-state index < -0.39 is 10.0 Å². The molecule has 11 heteroatoms. The van der Waals surface area contributed by atoms with E-state index in [0.29, 0.717) is 45.4 Å². The highest BCUT2D eigenvalue weighted by Crippen LogP contribution is 2.21. The van der Waals surface area contributed by atoms with E-state index in [2.05, 4.69) is 15.1 Å². The van der Waals surface area contributed by atoms with Crippen molar-refractivity contribution in [1.82, 2.24) is 19.4 Å². The van der Waals surface area contributed by atoms with Crippen molar-refractivity contribution < 1.29 is 18.0 Å². The summed E-state index contributed by atoms with van der Waals surface area (Å²) in [7, 11) is -3.54. The number of piperazine rings is 1. The molecule has 0 aromatic carbocycles. The van der Waals surface area contributed by atoms with Crippen LogP contribution in [0.15, 0.2) is 12.1 Å². The van der Waals surface area contributed by atoms with Crippen LogP contribution in [0.2, 0.25) is 0 Å². The second kappa shape index (κ2) is 8.84. The van der Waals surface area contributed by atoms with E-state index in [0.717, 1.165) is 29.6 Å². The van der Waals surface area contributed by atoms with E-state index in [1.165, 1.54) is 17.1 Å². The van der Waals surface area contributed by atoms with Crippen molar-refractivity contribution in [3.63, 3.8) is 0 Å². The molecule has 4 rings (SSSR count). The maximum absolute atomic E-state index is 12.7. The molecule has 0 unspecified atom stereocenters. The van der Waals surface area contributed by atoms with Crippen LogP contribution in [0, 0.1) is 0 Å². The van der Waals surface area contributed by atoms with Gasteiger partial charge >= 0.3 is 0 Å². The number of likely N-dealkylation sites (tertiary alicyclic amines) is 1. The summed E-state index contributed by atoms with van der Waals surface area (Å²) in [6.07, 6.45) is 3.52. The van der Waals surface area contributed by atoms with Gasteiger partial charge in [0.05, 0.1) is 5.75 Å². The van der Waals surface area contributed by atoms with E-state index in [1.807, 2.05) is 17.0 Å². The Bertz CT molecular complexity index is 861. The highest BCUT2D eigenvalue weighted by atomic mass is 32.2. The summed E-state index contributed by atoms with van der Waals surface area (Å²) in [6, 6.07) is 3.92. The van der Waals surface area contributed by atoms with Crippen molar-refractivity contribution >= 4 is 33.5 Å². The molecule has 30 heavy (non-hydrogen) atoms. The molecule has 0 aliphatic carbocycles. The van der Waals surface area contributed by atoms with Gasteiger partial charge in [0.2, 0.25) is 21.8 Å². The lowest BCUT2D eigenvalue weighted by Gasteiger charge is -2.35. The van der Waals surface area contributed by atoms with Gasteiger partial charge in [-0.3, -0.25) is 14.5 Å². The first-order chi connectivity index (χ1) is 14.4. The fraction of sp³-hybridized carbons (Fsp3) is 0.684. The average molecular weight is 437 g/mol. The fourth-order valence-corrected chi connectivity index (χ4v) is 5.57. The lowest BCUT2D eigenvalue weighted by Crippen LogP contribution is -2.51. The molecule has 0 N–H and O–H groups in total. The van der Waals surface area contributed by atoms with Crippen molar-refractivity contribution in [2.24, 2.45) is 0 Å². The van der Waals surface area contributed by atoms with Gasteiger partial charge in [0.1, 0.15) is 0 Å². The van der Waals surface area contributed by atoms with Crippen LogP contribution in [0.25, 0.3) is 0 Å². The van der Waals surface area contributed by atoms with E-state index >= 15 is 0 Å². The van der Waals surface area contributed by atoms with Crippen LogP contribution in [0.3, 0.4) is 0 Å². The SMILES string of the molecule is O=C1CCCC(=O)N1CCS(=O)(=O)N1CCN(c2ccc(N3CCCC3)nn2)CC1. The van der Waals surface area contributed by atoms with Crippen molar-refractivity contribution in [3.8, 4) is 0 Å². The zero-order valence-corrected chi connectivity index (χ0v) is 17.9. The molecule has 1 aromatic heterocycles. The molecular formula is C19H28N6O4S. The Morgan fingerprint density at radius 2 is 1.30 bits per heavy atom. The van der Waals surface area contributed by atoms with Crippen LogP contribution in [0.4, 0.5) is 11.6 Å². The first-order valence-electron chi connectivity index (χ1n) is 10.6. The molecule has 4 heterocycles. The average Bonchev–Trinajstić information content (AvgIpc) is 3.29. The number of aromatic nitrogens is 2.